The summed E-state index contributed by atoms with van der Waals surface area (Å²) in [5.41, 5.74) is -0.204. The Morgan fingerprint density at radius 1 is 1.06 bits per heavy atom. The normalized spacial score (nSPS) is 14.1. The highest BCUT2D eigenvalue weighted by Gasteiger charge is 2.37. The van der Waals surface area contributed by atoms with E-state index in [0.29, 0.717) is 16.9 Å². The first-order valence-corrected chi connectivity index (χ1v) is 11.2. The van der Waals surface area contributed by atoms with Crippen LogP contribution < -0.4 is 16.0 Å². The maximum atomic E-state index is 12.8. The summed E-state index contributed by atoms with van der Waals surface area (Å²) in [4.78, 5) is 40.3. The maximum Gasteiger partial charge on any atom is 0.433 e. The van der Waals surface area contributed by atoms with E-state index < -0.39 is 29.7 Å². The van der Waals surface area contributed by atoms with Crippen molar-refractivity contribution in [1.82, 2.24) is 20.9 Å². The predicted molar refractivity (Wildman–Crippen MR) is 123 cm³/mol. The van der Waals surface area contributed by atoms with Gasteiger partial charge in [-0.15, -0.1) is 0 Å². The lowest BCUT2D eigenvalue weighted by molar-refractivity contribution is -0.141. The third-order valence-electron chi connectivity index (χ3n) is 5.68. The Bertz CT molecular complexity index is 1280. The number of carbonyl (C=O) groups is 3. The van der Waals surface area contributed by atoms with Crippen LogP contribution in [0.1, 0.15) is 45.1 Å². The summed E-state index contributed by atoms with van der Waals surface area (Å²) in [6.07, 6.45) is -2.91. The van der Waals surface area contributed by atoms with Crippen molar-refractivity contribution in [3.05, 3.63) is 77.3 Å². The number of hydrogen-bond donors (Lipinski definition) is 3. The molecule has 1 fully saturated rings. The van der Waals surface area contributed by atoms with E-state index in [0.717, 1.165) is 25.0 Å². The number of furan rings is 1. The molecule has 1 saturated carbocycles. The smallest absolute Gasteiger partial charge is 0.433 e. The molecule has 0 bridgehead atoms. The summed E-state index contributed by atoms with van der Waals surface area (Å²) in [6, 6.07) is 12.5. The maximum absolute atomic E-state index is 12.8. The molecule has 2 aromatic heterocycles. The van der Waals surface area contributed by atoms with Gasteiger partial charge in [0.05, 0.1) is 0 Å². The van der Waals surface area contributed by atoms with Gasteiger partial charge in [-0.2, -0.15) is 13.2 Å². The van der Waals surface area contributed by atoms with E-state index >= 15 is 0 Å². The molecule has 188 valence electrons. The average molecular weight is 500 g/mol. The molecule has 0 spiro atoms. The van der Waals surface area contributed by atoms with Gasteiger partial charge in [0.2, 0.25) is 5.91 Å². The summed E-state index contributed by atoms with van der Waals surface area (Å²) < 4.78 is 44.2. The van der Waals surface area contributed by atoms with Crippen molar-refractivity contribution in [3.63, 3.8) is 0 Å². The van der Waals surface area contributed by atoms with E-state index in [2.05, 4.69) is 20.9 Å². The number of halogens is 3. The van der Waals surface area contributed by atoms with Crippen LogP contribution in [-0.2, 0) is 17.5 Å². The Labute approximate surface area is 204 Å². The van der Waals surface area contributed by atoms with Crippen LogP contribution in [0.25, 0.3) is 11.3 Å². The molecule has 36 heavy (non-hydrogen) atoms. The molecule has 3 aromatic rings. The Hall–Kier alpha value is -4.15. The van der Waals surface area contributed by atoms with E-state index in [1.807, 2.05) is 0 Å². The zero-order chi connectivity index (χ0) is 25.9. The Morgan fingerprint density at radius 2 is 1.81 bits per heavy atom. The lowest BCUT2D eigenvalue weighted by atomic mass is 10.1. The van der Waals surface area contributed by atoms with Gasteiger partial charge >= 0.3 is 6.18 Å². The van der Waals surface area contributed by atoms with Gasteiger partial charge in [0.15, 0.2) is 5.76 Å². The number of pyridine rings is 1. The largest absolute Gasteiger partial charge is 0.451 e. The fourth-order valence-corrected chi connectivity index (χ4v) is 3.64. The lowest BCUT2D eigenvalue weighted by Crippen LogP contribution is -2.47. The van der Waals surface area contributed by atoms with Crippen molar-refractivity contribution in [1.29, 1.82) is 0 Å². The van der Waals surface area contributed by atoms with Crippen LogP contribution in [0, 0.1) is 5.92 Å². The minimum absolute atomic E-state index is 0.0356. The van der Waals surface area contributed by atoms with Crippen LogP contribution in [0.3, 0.4) is 0 Å². The van der Waals surface area contributed by atoms with Crippen molar-refractivity contribution in [3.8, 4) is 11.3 Å². The fourth-order valence-electron chi connectivity index (χ4n) is 3.64. The first-order chi connectivity index (χ1) is 17.2. The second-order valence-corrected chi connectivity index (χ2v) is 8.36. The molecular formula is C25H23F3N4O4. The molecule has 1 aliphatic carbocycles. The van der Waals surface area contributed by atoms with Crippen molar-refractivity contribution in [2.45, 2.75) is 31.6 Å². The SMILES string of the molecule is CNC(=O)[C@@H](NC(=O)c1ccc(-c2cccc(CNC(=O)c3cccc(C(F)(F)F)n3)c2)o1)C1CC1. The number of alkyl halides is 3. The minimum atomic E-state index is -4.65. The van der Waals surface area contributed by atoms with Crippen LogP contribution in [0.5, 0.6) is 0 Å². The Balaban J connectivity index is 1.40. The molecular weight excluding hydrogens is 477 g/mol. The minimum Gasteiger partial charge on any atom is -0.451 e. The molecule has 8 nitrogen and oxygen atoms in total. The fraction of sp³-hybridized carbons (Fsp3) is 0.280. The number of carbonyl (C=O) groups excluding carboxylic acids is 3. The molecule has 2 heterocycles. The molecule has 4 rings (SSSR count). The molecule has 1 aliphatic rings. The quantitative estimate of drug-likeness (QED) is 0.438. The van der Waals surface area contributed by atoms with Gasteiger partial charge in [0.1, 0.15) is 23.2 Å². The standard InChI is InChI=1S/C25H23F3N4O4/c1-29-24(35)21(15-8-9-15)32-23(34)19-11-10-18(36-19)16-5-2-4-14(12-16)13-30-22(33)17-6-3-7-20(31-17)25(26,27)28/h2-7,10-12,15,21H,8-9,13H2,1H3,(H,29,35)(H,30,33)(H,32,34)/t21-/m0/s1. The number of hydrogen-bond acceptors (Lipinski definition) is 5. The Kier molecular flexibility index (Phi) is 7.09. The highest BCUT2D eigenvalue weighted by Crippen LogP contribution is 2.33. The number of nitrogens with one attached hydrogen (secondary N) is 3. The highest BCUT2D eigenvalue weighted by molar-refractivity contribution is 5.96. The van der Waals surface area contributed by atoms with E-state index in [1.54, 1.807) is 30.3 Å². The molecule has 0 radical (unpaired) electrons. The first-order valence-electron chi connectivity index (χ1n) is 11.2. The third kappa shape index (κ3) is 5.91. The topological polar surface area (TPSA) is 113 Å². The molecule has 0 unspecified atom stereocenters. The van der Waals surface area contributed by atoms with Gasteiger partial charge in [-0.25, -0.2) is 4.98 Å². The summed E-state index contributed by atoms with van der Waals surface area (Å²) in [7, 11) is 1.51. The van der Waals surface area contributed by atoms with Crippen LogP contribution in [0.15, 0.2) is 59.0 Å². The molecule has 3 amide bonds. The van der Waals surface area contributed by atoms with E-state index in [4.69, 9.17) is 4.42 Å². The number of rotatable bonds is 8. The number of amides is 3. The molecule has 11 heteroatoms. The van der Waals surface area contributed by atoms with Gasteiger partial charge in [-0.1, -0.05) is 24.3 Å². The molecule has 1 atom stereocenters. The number of nitrogens with zero attached hydrogens (tertiary/aromatic N) is 1. The van der Waals surface area contributed by atoms with Crippen LogP contribution in [0.4, 0.5) is 13.2 Å². The Morgan fingerprint density at radius 3 is 2.50 bits per heavy atom. The van der Waals surface area contributed by atoms with Crippen LogP contribution in [0.2, 0.25) is 0 Å². The van der Waals surface area contributed by atoms with E-state index in [1.165, 1.54) is 19.2 Å². The van der Waals surface area contributed by atoms with E-state index in [9.17, 15) is 27.6 Å². The average Bonchev–Trinajstić information content (AvgIpc) is 3.59. The van der Waals surface area contributed by atoms with Gasteiger partial charge in [0, 0.05) is 19.2 Å². The monoisotopic (exact) mass is 500 g/mol. The van der Waals surface area contributed by atoms with Crippen molar-refractivity contribution < 1.29 is 32.0 Å². The van der Waals surface area contributed by atoms with Crippen LogP contribution >= 0.6 is 0 Å². The molecule has 0 saturated heterocycles. The number of benzene rings is 1. The van der Waals surface area contributed by atoms with E-state index in [-0.39, 0.29) is 29.8 Å². The summed E-state index contributed by atoms with van der Waals surface area (Å²) in [6.45, 7) is 0.0356. The number of aromatic nitrogens is 1. The van der Waals surface area contributed by atoms with Crippen molar-refractivity contribution >= 4 is 17.7 Å². The number of likely N-dealkylation sites (N-methyl/N-ethyl adjacent to an activating group) is 1. The van der Waals surface area contributed by atoms with Crippen molar-refractivity contribution in [2.75, 3.05) is 7.05 Å². The summed E-state index contributed by atoms with van der Waals surface area (Å²) in [5.74, 6) is -0.942. The predicted octanol–water partition coefficient (Wildman–Crippen LogP) is 3.54. The zero-order valence-corrected chi connectivity index (χ0v) is 19.2. The van der Waals surface area contributed by atoms with Gasteiger partial charge in [-0.05, 0) is 54.7 Å². The second-order valence-electron chi connectivity index (χ2n) is 8.36. The summed E-state index contributed by atoms with van der Waals surface area (Å²) >= 11 is 0. The molecule has 1 aromatic carbocycles. The van der Waals surface area contributed by atoms with Gasteiger partial charge < -0.3 is 20.4 Å². The van der Waals surface area contributed by atoms with Gasteiger partial charge in [-0.3, -0.25) is 14.4 Å². The lowest BCUT2D eigenvalue weighted by Gasteiger charge is -2.15. The first kappa shape index (κ1) is 25.0. The molecule has 0 aliphatic heterocycles. The second kappa shape index (κ2) is 10.2. The highest BCUT2D eigenvalue weighted by atomic mass is 19.4. The molecule has 3 N–H and O–H groups in total. The zero-order valence-electron chi connectivity index (χ0n) is 19.2. The van der Waals surface area contributed by atoms with Crippen LogP contribution in [-0.4, -0.2) is 35.8 Å². The summed E-state index contributed by atoms with van der Waals surface area (Å²) in [5, 5.41) is 7.82. The van der Waals surface area contributed by atoms with Gasteiger partial charge in [0.25, 0.3) is 11.8 Å². The third-order valence-corrected chi connectivity index (χ3v) is 5.68. The van der Waals surface area contributed by atoms with Crippen molar-refractivity contribution in [2.24, 2.45) is 5.92 Å².